The van der Waals surface area contributed by atoms with Gasteiger partial charge in [0.15, 0.2) is 0 Å². The van der Waals surface area contributed by atoms with Crippen molar-refractivity contribution in [3.8, 4) is 0 Å². The molecule has 0 aromatic rings. The summed E-state index contributed by atoms with van der Waals surface area (Å²) in [7, 11) is 3.83. The van der Waals surface area contributed by atoms with E-state index in [2.05, 4.69) is 0 Å². The molecule has 7 atom stereocenters. The molecular weight excluding hydrogens is 341 g/mol. The third-order valence-corrected chi connectivity index (χ3v) is 7.44. The molecule has 0 amide bonds. The van der Waals surface area contributed by atoms with Gasteiger partial charge in [0.1, 0.15) is 21.8 Å². The SMILES string of the molecule is B[C@H]1CC(OCC)[C@@H](COP(=O)(O)SC2C[C@H](B)O[C@@H]2CO)O1. The fourth-order valence-corrected chi connectivity index (χ4v) is 6.46. The van der Waals surface area contributed by atoms with Crippen molar-refractivity contribution in [2.75, 3.05) is 19.8 Å². The summed E-state index contributed by atoms with van der Waals surface area (Å²) >= 11 is 0.852. The summed E-state index contributed by atoms with van der Waals surface area (Å²) < 4.78 is 34.4. The zero-order chi connectivity index (χ0) is 17.0. The molecule has 11 heteroatoms. The second-order valence-electron chi connectivity index (χ2n) is 6.03. The molecule has 2 saturated heterocycles. The van der Waals surface area contributed by atoms with Gasteiger partial charge in [0, 0.05) is 23.9 Å². The van der Waals surface area contributed by atoms with Crippen LogP contribution in [0.15, 0.2) is 0 Å². The van der Waals surface area contributed by atoms with Gasteiger partial charge >= 0.3 is 6.80 Å². The number of rotatable bonds is 8. The van der Waals surface area contributed by atoms with Crippen molar-refractivity contribution in [1.29, 1.82) is 0 Å². The molecule has 23 heavy (non-hydrogen) atoms. The number of aliphatic hydroxyl groups excluding tert-OH is 1. The van der Waals surface area contributed by atoms with Gasteiger partial charge in [-0.2, -0.15) is 0 Å². The maximum absolute atomic E-state index is 12.3. The molecule has 0 bridgehead atoms. The van der Waals surface area contributed by atoms with E-state index >= 15 is 0 Å². The summed E-state index contributed by atoms with van der Waals surface area (Å²) in [5.41, 5.74) is 0. The van der Waals surface area contributed by atoms with E-state index in [0.717, 1.165) is 17.8 Å². The van der Waals surface area contributed by atoms with Crippen LogP contribution in [-0.4, -0.2) is 81.1 Å². The Labute approximate surface area is 142 Å². The maximum Gasteiger partial charge on any atom is 0.387 e. The maximum atomic E-state index is 12.3. The minimum atomic E-state index is -3.85. The first-order valence-corrected chi connectivity index (χ1v) is 11.1. The van der Waals surface area contributed by atoms with Gasteiger partial charge in [-0.3, -0.25) is 4.52 Å². The summed E-state index contributed by atoms with van der Waals surface area (Å²) in [6.07, 6.45) is 0.490. The van der Waals surface area contributed by atoms with Crippen LogP contribution in [0.1, 0.15) is 19.8 Å². The smallest absolute Gasteiger partial charge is 0.387 e. The molecule has 7 nitrogen and oxygen atoms in total. The Morgan fingerprint density at radius 1 is 1.26 bits per heavy atom. The molecule has 2 aliphatic rings. The van der Waals surface area contributed by atoms with Gasteiger partial charge in [-0.05, 0) is 31.1 Å². The molecule has 0 aromatic heterocycles. The highest BCUT2D eigenvalue weighted by molar-refractivity contribution is 8.55. The van der Waals surface area contributed by atoms with E-state index in [1.165, 1.54) is 0 Å². The Balaban J connectivity index is 1.85. The molecule has 0 saturated carbocycles. The van der Waals surface area contributed by atoms with Gasteiger partial charge < -0.3 is 24.2 Å². The average Bonchev–Trinajstić information content (AvgIpc) is 2.99. The van der Waals surface area contributed by atoms with Crippen molar-refractivity contribution in [3.05, 3.63) is 0 Å². The molecule has 2 fully saturated rings. The highest BCUT2D eigenvalue weighted by Crippen LogP contribution is 2.60. The van der Waals surface area contributed by atoms with E-state index in [1.807, 2.05) is 22.6 Å². The number of hydrogen-bond donors (Lipinski definition) is 2. The topological polar surface area (TPSA) is 94.5 Å². The summed E-state index contributed by atoms with van der Waals surface area (Å²) in [6, 6.07) is 0.0136. The largest absolute Gasteiger partial charge is 0.394 e. The molecule has 2 heterocycles. The fraction of sp³-hybridized carbons (Fsp3) is 1.00. The van der Waals surface area contributed by atoms with Crippen molar-refractivity contribution in [2.24, 2.45) is 0 Å². The summed E-state index contributed by atoms with van der Waals surface area (Å²) in [6.45, 7) is -1.52. The predicted octanol–water partition coefficient (Wildman–Crippen LogP) is -0.901. The Morgan fingerprint density at radius 2 is 1.91 bits per heavy atom. The molecule has 2 N–H and O–H groups in total. The first kappa shape index (κ1) is 19.8. The molecule has 0 radical (unpaired) electrons. The molecular formula is C12H25B2O7PS. The van der Waals surface area contributed by atoms with Crippen LogP contribution in [0.3, 0.4) is 0 Å². The summed E-state index contributed by atoms with van der Waals surface area (Å²) in [4.78, 5) is 10.1. The van der Waals surface area contributed by atoms with Gasteiger partial charge in [0.05, 0.1) is 25.4 Å². The molecule has 0 spiro atoms. The fourth-order valence-electron chi connectivity index (χ4n) is 3.02. The molecule has 0 aliphatic carbocycles. The zero-order valence-electron chi connectivity index (χ0n) is 13.8. The zero-order valence-corrected chi connectivity index (χ0v) is 15.5. The van der Waals surface area contributed by atoms with Crippen LogP contribution in [0.2, 0.25) is 0 Å². The van der Waals surface area contributed by atoms with E-state index in [4.69, 9.17) is 18.7 Å². The van der Waals surface area contributed by atoms with Crippen molar-refractivity contribution in [1.82, 2.24) is 0 Å². The first-order chi connectivity index (χ1) is 10.8. The molecule has 2 aliphatic heterocycles. The lowest BCUT2D eigenvalue weighted by Gasteiger charge is -2.22. The molecule has 0 aromatic carbocycles. The lowest BCUT2D eigenvalue weighted by atomic mass is 9.96. The van der Waals surface area contributed by atoms with Crippen LogP contribution in [0.4, 0.5) is 0 Å². The van der Waals surface area contributed by atoms with Crippen LogP contribution in [0.5, 0.6) is 0 Å². The van der Waals surface area contributed by atoms with E-state index in [0.29, 0.717) is 13.0 Å². The lowest BCUT2D eigenvalue weighted by Crippen LogP contribution is -2.29. The summed E-state index contributed by atoms with van der Waals surface area (Å²) in [5, 5.41) is 9.04. The standard InChI is InChI=1S/C12H25B2O7PS/c1-2-18-7-3-11(13)21-9(7)6-19-22(16,17)23-10-4-12(14)20-8(10)5-15/h7-12,15H,2-6,13-14H2,1H3,(H,16,17)/t7?,8-,9-,10?,11-,12-/m1/s1. The van der Waals surface area contributed by atoms with Crippen molar-refractivity contribution >= 4 is 33.9 Å². The van der Waals surface area contributed by atoms with Crippen molar-refractivity contribution < 1.29 is 33.3 Å². The van der Waals surface area contributed by atoms with Gasteiger partial charge in [0.25, 0.3) is 0 Å². The Kier molecular flexibility index (Phi) is 7.50. The van der Waals surface area contributed by atoms with E-state index in [9.17, 15) is 14.6 Å². The van der Waals surface area contributed by atoms with Crippen LogP contribution >= 0.6 is 18.2 Å². The van der Waals surface area contributed by atoms with Gasteiger partial charge in [-0.25, -0.2) is 4.57 Å². The molecule has 2 rings (SSSR count). The minimum Gasteiger partial charge on any atom is -0.394 e. The highest BCUT2D eigenvalue weighted by atomic mass is 32.7. The normalized spacial score (nSPS) is 40.3. The Morgan fingerprint density at radius 3 is 2.57 bits per heavy atom. The number of hydrogen-bond acceptors (Lipinski definition) is 7. The third kappa shape index (κ3) is 5.75. The van der Waals surface area contributed by atoms with Crippen molar-refractivity contribution in [3.63, 3.8) is 0 Å². The van der Waals surface area contributed by atoms with Crippen LogP contribution < -0.4 is 0 Å². The Bertz CT molecular complexity index is 432. The van der Waals surface area contributed by atoms with Gasteiger partial charge in [-0.15, -0.1) is 0 Å². The van der Waals surface area contributed by atoms with E-state index in [-0.39, 0.29) is 42.7 Å². The van der Waals surface area contributed by atoms with Gasteiger partial charge in [0.2, 0.25) is 0 Å². The van der Waals surface area contributed by atoms with Crippen LogP contribution in [-0.2, 0) is 23.3 Å². The lowest BCUT2D eigenvalue weighted by molar-refractivity contribution is -0.0294. The van der Waals surface area contributed by atoms with Crippen LogP contribution in [0, 0.1) is 0 Å². The van der Waals surface area contributed by atoms with Crippen molar-refractivity contribution in [2.45, 2.75) is 55.3 Å². The predicted molar refractivity (Wildman–Crippen MR) is 93.3 cm³/mol. The second-order valence-corrected chi connectivity index (χ2v) is 10.1. The monoisotopic (exact) mass is 366 g/mol. The quantitative estimate of drug-likeness (QED) is 0.422. The molecule has 132 valence electrons. The number of ether oxygens (including phenoxy) is 3. The van der Waals surface area contributed by atoms with E-state index in [1.54, 1.807) is 0 Å². The van der Waals surface area contributed by atoms with E-state index < -0.39 is 12.9 Å². The van der Waals surface area contributed by atoms with Gasteiger partial charge in [-0.1, -0.05) is 0 Å². The number of aliphatic hydroxyl groups is 1. The average molecular weight is 366 g/mol. The molecule has 3 unspecified atom stereocenters. The first-order valence-electron chi connectivity index (χ1n) is 8.03. The summed E-state index contributed by atoms with van der Waals surface area (Å²) in [5.74, 6) is 0. The Hall–Kier alpha value is 0.470. The third-order valence-electron chi connectivity index (χ3n) is 4.00. The highest BCUT2D eigenvalue weighted by Gasteiger charge is 2.40. The second kappa shape index (κ2) is 8.72. The van der Waals surface area contributed by atoms with Crippen LogP contribution in [0.25, 0.3) is 0 Å². The minimum absolute atomic E-state index is 0.0166.